The minimum absolute atomic E-state index is 0.178. The fourth-order valence-electron chi connectivity index (χ4n) is 3.57. The van der Waals surface area contributed by atoms with E-state index in [1.807, 2.05) is 9.80 Å². The van der Waals surface area contributed by atoms with Gasteiger partial charge in [-0.2, -0.15) is 0 Å². The van der Waals surface area contributed by atoms with Crippen molar-refractivity contribution in [2.45, 2.75) is 44.6 Å². The van der Waals surface area contributed by atoms with Crippen LogP contribution >= 0.6 is 0 Å². The van der Waals surface area contributed by atoms with Gasteiger partial charge in [0.2, 0.25) is 5.91 Å². The van der Waals surface area contributed by atoms with Gasteiger partial charge >= 0.3 is 6.03 Å². The van der Waals surface area contributed by atoms with E-state index >= 15 is 0 Å². The van der Waals surface area contributed by atoms with Gasteiger partial charge in [-0.1, -0.05) is 0 Å². The largest absolute Gasteiger partial charge is 0.353 e. The molecule has 0 aromatic rings. The van der Waals surface area contributed by atoms with Crippen LogP contribution in [0.3, 0.4) is 0 Å². The van der Waals surface area contributed by atoms with Gasteiger partial charge in [-0.3, -0.25) is 4.79 Å². The molecule has 0 aromatic carbocycles. The van der Waals surface area contributed by atoms with Crippen molar-refractivity contribution in [3.63, 3.8) is 0 Å². The van der Waals surface area contributed by atoms with Gasteiger partial charge in [-0.15, -0.1) is 0 Å². The molecule has 0 aromatic heterocycles. The first-order valence-electron chi connectivity index (χ1n) is 7.57. The second-order valence-corrected chi connectivity index (χ2v) is 6.04. The number of urea groups is 1. The minimum Gasteiger partial charge on any atom is -0.353 e. The van der Waals surface area contributed by atoms with Crippen LogP contribution in [-0.4, -0.2) is 54.0 Å². The molecule has 3 fully saturated rings. The molecular formula is C14H23N3O2. The highest BCUT2D eigenvalue weighted by Crippen LogP contribution is 2.26. The Hall–Kier alpha value is -1.26. The third kappa shape index (κ3) is 2.69. The Bertz CT molecular complexity index is 366. The number of amides is 3. The van der Waals surface area contributed by atoms with Gasteiger partial charge in [0.15, 0.2) is 0 Å². The summed E-state index contributed by atoms with van der Waals surface area (Å²) in [5.74, 6) is 0.636. The van der Waals surface area contributed by atoms with E-state index in [4.69, 9.17) is 0 Å². The first kappa shape index (κ1) is 12.8. The van der Waals surface area contributed by atoms with Gasteiger partial charge in [0.05, 0.1) is 0 Å². The van der Waals surface area contributed by atoms with Crippen LogP contribution in [0.15, 0.2) is 0 Å². The van der Waals surface area contributed by atoms with Crippen LogP contribution in [0.4, 0.5) is 4.79 Å². The number of piperidine rings is 3. The van der Waals surface area contributed by atoms with Crippen LogP contribution < -0.4 is 5.32 Å². The summed E-state index contributed by atoms with van der Waals surface area (Å²) in [6, 6.07) is 0.515. The lowest BCUT2D eigenvalue weighted by Gasteiger charge is -2.43. The Morgan fingerprint density at radius 1 is 1.05 bits per heavy atom. The molecule has 0 saturated carbocycles. The zero-order valence-corrected chi connectivity index (χ0v) is 11.4. The number of nitrogens with zero attached hydrogens (tertiary/aromatic N) is 2. The summed E-state index contributed by atoms with van der Waals surface area (Å²) < 4.78 is 0. The minimum atomic E-state index is 0.178. The molecule has 5 nitrogen and oxygen atoms in total. The summed E-state index contributed by atoms with van der Waals surface area (Å²) in [6.07, 6.45) is 5.99. The molecule has 3 amide bonds. The fraction of sp³-hybridized carbons (Fsp3) is 0.857. The Labute approximate surface area is 114 Å². The Kier molecular flexibility index (Phi) is 3.62. The normalized spacial score (nSPS) is 31.7. The molecule has 1 N–H and O–H groups in total. The average molecular weight is 265 g/mol. The standard InChI is InChI=1S/C14H23N3O2/c18-13-5-4-11-10-17(9-6-12(11)15-13)14(19)16-7-2-1-3-8-16/h11-12H,1-10H2,(H,15,18). The number of hydrogen-bond acceptors (Lipinski definition) is 2. The number of nitrogens with one attached hydrogen (secondary N) is 1. The molecule has 2 unspecified atom stereocenters. The highest BCUT2D eigenvalue weighted by Gasteiger charge is 2.36. The summed E-state index contributed by atoms with van der Waals surface area (Å²) >= 11 is 0. The van der Waals surface area contributed by atoms with Crippen LogP contribution in [0, 0.1) is 5.92 Å². The summed E-state index contributed by atoms with van der Waals surface area (Å²) in [6.45, 7) is 3.44. The predicted molar refractivity (Wildman–Crippen MR) is 71.7 cm³/mol. The maximum Gasteiger partial charge on any atom is 0.320 e. The van der Waals surface area contributed by atoms with Crippen LogP contribution in [-0.2, 0) is 4.79 Å². The van der Waals surface area contributed by atoms with Crippen LogP contribution in [0.2, 0.25) is 0 Å². The van der Waals surface area contributed by atoms with Crippen molar-refractivity contribution in [1.82, 2.24) is 15.1 Å². The van der Waals surface area contributed by atoms with E-state index in [0.717, 1.165) is 51.9 Å². The number of carbonyl (C=O) groups is 2. The molecule has 106 valence electrons. The smallest absolute Gasteiger partial charge is 0.320 e. The molecular weight excluding hydrogens is 242 g/mol. The van der Waals surface area contributed by atoms with Crippen LogP contribution in [0.25, 0.3) is 0 Å². The zero-order chi connectivity index (χ0) is 13.2. The number of fused-ring (bicyclic) bond motifs is 1. The van der Waals surface area contributed by atoms with E-state index in [2.05, 4.69) is 5.32 Å². The molecule has 3 aliphatic heterocycles. The monoisotopic (exact) mass is 265 g/mol. The van der Waals surface area contributed by atoms with Gasteiger partial charge in [-0.25, -0.2) is 4.79 Å². The predicted octanol–water partition coefficient (Wildman–Crippen LogP) is 1.19. The summed E-state index contributed by atoms with van der Waals surface area (Å²) in [7, 11) is 0. The Morgan fingerprint density at radius 3 is 2.63 bits per heavy atom. The lowest BCUT2D eigenvalue weighted by molar-refractivity contribution is -0.125. The Balaban J connectivity index is 1.58. The molecule has 2 atom stereocenters. The van der Waals surface area contributed by atoms with Crippen LogP contribution in [0.1, 0.15) is 38.5 Å². The quantitative estimate of drug-likeness (QED) is 0.715. The van der Waals surface area contributed by atoms with E-state index in [0.29, 0.717) is 18.4 Å². The number of likely N-dealkylation sites (tertiary alicyclic amines) is 2. The van der Waals surface area contributed by atoms with Crippen molar-refractivity contribution in [3.05, 3.63) is 0 Å². The molecule has 0 spiro atoms. The first-order valence-corrected chi connectivity index (χ1v) is 7.57. The fourth-order valence-corrected chi connectivity index (χ4v) is 3.57. The van der Waals surface area contributed by atoms with Crippen molar-refractivity contribution in [2.75, 3.05) is 26.2 Å². The lowest BCUT2D eigenvalue weighted by atomic mass is 9.85. The van der Waals surface area contributed by atoms with Crippen LogP contribution in [0.5, 0.6) is 0 Å². The summed E-state index contributed by atoms with van der Waals surface area (Å²) in [5.41, 5.74) is 0. The Morgan fingerprint density at radius 2 is 1.84 bits per heavy atom. The van der Waals surface area contributed by atoms with Gasteiger partial charge in [0.1, 0.15) is 0 Å². The zero-order valence-electron chi connectivity index (χ0n) is 11.4. The van der Waals surface area contributed by atoms with Crippen molar-refractivity contribution in [2.24, 2.45) is 5.92 Å². The number of rotatable bonds is 0. The highest BCUT2D eigenvalue weighted by molar-refractivity contribution is 5.77. The molecule has 5 heteroatoms. The maximum atomic E-state index is 12.5. The second kappa shape index (κ2) is 5.39. The van der Waals surface area contributed by atoms with E-state index in [1.54, 1.807) is 0 Å². The molecule has 0 radical (unpaired) electrons. The van der Waals surface area contributed by atoms with Gasteiger partial charge < -0.3 is 15.1 Å². The molecule has 0 bridgehead atoms. The van der Waals surface area contributed by atoms with E-state index in [1.165, 1.54) is 6.42 Å². The first-order chi connectivity index (χ1) is 9.24. The molecule has 3 aliphatic rings. The van der Waals surface area contributed by atoms with E-state index in [-0.39, 0.29) is 11.9 Å². The summed E-state index contributed by atoms with van der Waals surface area (Å²) in [5, 5.41) is 3.07. The van der Waals surface area contributed by atoms with Crippen molar-refractivity contribution in [3.8, 4) is 0 Å². The number of hydrogen-bond donors (Lipinski definition) is 1. The lowest BCUT2D eigenvalue weighted by Crippen LogP contribution is -2.57. The molecule has 3 heterocycles. The van der Waals surface area contributed by atoms with Crippen molar-refractivity contribution < 1.29 is 9.59 Å². The highest BCUT2D eigenvalue weighted by atomic mass is 16.2. The topological polar surface area (TPSA) is 52.7 Å². The molecule has 3 rings (SSSR count). The third-order valence-corrected chi connectivity index (χ3v) is 4.72. The van der Waals surface area contributed by atoms with Gasteiger partial charge in [0, 0.05) is 38.6 Å². The molecule has 0 aliphatic carbocycles. The van der Waals surface area contributed by atoms with Gasteiger partial charge in [-0.05, 0) is 38.0 Å². The van der Waals surface area contributed by atoms with Crippen molar-refractivity contribution in [1.29, 1.82) is 0 Å². The third-order valence-electron chi connectivity index (χ3n) is 4.72. The second-order valence-electron chi connectivity index (χ2n) is 6.04. The summed E-state index contributed by atoms with van der Waals surface area (Å²) in [4.78, 5) is 27.8. The maximum absolute atomic E-state index is 12.5. The average Bonchev–Trinajstić information content (AvgIpc) is 2.47. The van der Waals surface area contributed by atoms with Crippen molar-refractivity contribution >= 4 is 11.9 Å². The SMILES string of the molecule is O=C1CCC2CN(C(=O)N3CCCCC3)CCC2N1. The number of carbonyl (C=O) groups excluding carboxylic acids is 2. The molecule has 3 saturated heterocycles. The van der Waals surface area contributed by atoms with E-state index in [9.17, 15) is 9.59 Å². The van der Waals surface area contributed by atoms with Gasteiger partial charge in [0.25, 0.3) is 0 Å². The van der Waals surface area contributed by atoms with E-state index < -0.39 is 0 Å². The molecule has 19 heavy (non-hydrogen) atoms.